The molecule has 0 aliphatic heterocycles. The van der Waals surface area contributed by atoms with Crippen LogP contribution in [0.2, 0.25) is 0 Å². The van der Waals surface area contributed by atoms with Crippen LogP contribution in [0.1, 0.15) is 13.8 Å². The van der Waals surface area contributed by atoms with Crippen molar-refractivity contribution in [3.05, 3.63) is 30.5 Å². The lowest BCUT2D eigenvalue weighted by Gasteiger charge is -2.34. The van der Waals surface area contributed by atoms with Crippen LogP contribution < -0.4 is 4.90 Å². The fraction of sp³-hybridized carbons (Fsp3) is 0.385. The number of rotatable bonds is 3. The molecule has 4 heteroatoms. The molecule has 0 atom stereocenters. The third-order valence-corrected chi connectivity index (χ3v) is 4.38. The van der Waals surface area contributed by atoms with Crippen LogP contribution in [0.25, 0.3) is 10.9 Å². The Morgan fingerprint density at radius 1 is 1.29 bits per heavy atom. The summed E-state index contributed by atoms with van der Waals surface area (Å²) in [5.41, 5.74) is 0.970. The first-order chi connectivity index (χ1) is 8.04. The zero-order valence-electron chi connectivity index (χ0n) is 10.3. The molecule has 0 amide bonds. The third-order valence-electron chi connectivity index (χ3n) is 3.01. The molecule has 90 valence electrons. The summed E-state index contributed by atoms with van der Waals surface area (Å²) in [4.78, 5) is 11.1. The van der Waals surface area contributed by atoms with E-state index in [1.165, 1.54) is 0 Å². The van der Waals surface area contributed by atoms with Crippen molar-refractivity contribution in [3.63, 3.8) is 0 Å². The highest BCUT2D eigenvalue weighted by atomic mass is 79.9. The number of hydrogen-bond acceptors (Lipinski definition) is 3. The summed E-state index contributed by atoms with van der Waals surface area (Å²) in [6.07, 6.45) is 1.87. The number of para-hydroxylation sites is 1. The van der Waals surface area contributed by atoms with E-state index in [1.807, 2.05) is 37.5 Å². The number of aromatic nitrogens is 2. The average molecular weight is 294 g/mol. The van der Waals surface area contributed by atoms with E-state index in [2.05, 4.69) is 44.6 Å². The average Bonchev–Trinajstić information content (AvgIpc) is 2.37. The first-order valence-electron chi connectivity index (χ1n) is 5.56. The monoisotopic (exact) mass is 293 g/mol. The van der Waals surface area contributed by atoms with Crippen molar-refractivity contribution in [2.24, 2.45) is 0 Å². The SMILES string of the molecule is CN(c1ncc2ccccc2n1)C(C)(C)CBr. The van der Waals surface area contributed by atoms with Crippen LogP contribution in [0.15, 0.2) is 30.5 Å². The van der Waals surface area contributed by atoms with E-state index in [1.54, 1.807) is 0 Å². The van der Waals surface area contributed by atoms with E-state index in [0.29, 0.717) is 0 Å². The van der Waals surface area contributed by atoms with Gasteiger partial charge in [-0.2, -0.15) is 0 Å². The summed E-state index contributed by atoms with van der Waals surface area (Å²) in [6.45, 7) is 4.31. The molecule has 0 saturated carbocycles. The van der Waals surface area contributed by atoms with Gasteiger partial charge < -0.3 is 4.90 Å². The molecular weight excluding hydrogens is 278 g/mol. The fourth-order valence-electron chi connectivity index (χ4n) is 1.48. The lowest BCUT2D eigenvalue weighted by atomic mass is 10.1. The summed E-state index contributed by atoms with van der Waals surface area (Å²) >= 11 is 3.52. The minimum absolute atomic E-state index is 0.0115. The lowest BCUT2D eigenvalue weighted by Crippen LogP contribution is -2.43. The number of nitrogens with zero attached hydrogens (tertiary/aromatic N) is 3. The molecule has 3 nitrogen and oxygen atoms in total. The van der Waals surface area contributed by atoms with Gasteiger partial charge in [-0.1, -0.05) is 34.1 Å². The summed E-state index contributed by atoms with van der Waals surface area (Å²) < 4.78 is 0. The number of anilines is 1. The van der Waals surface area contributed by atoms with Crippen LogP contribution >= 0.6 is 15.9 Å². The molecule has 1 aromatic heterocycles. The highest BCUT2D eigenvalue weighted by molar-refractivity contribution is 9.09. The maximum absolute atomic E-state index is 4.58. The second kappa shape index (κ2) is 4.61. The van der Waals surface area contributed by atoms with E-state index in [-0.39, 0.29) is 5.54 Å². The molecule has 17 heavy (non-hydrogen) atoms. The van der Waals surface area contributed by atoms with Crippen LogP contribution in [0, 0.1) is 0 Å². The number of hydrogen-bond donors (Lipinski definition) is 0. The molecule has 0 aliphatic carbocycles. The van der Waals surface area contributed by atoms with Gasteiger partial charge >= 0.3 is 0 Å². The molecule has 0 unspecified atom stereocenters. The largest absolute Gasteiger partial charge is 0.338 e. The van der Waals surface area contributed by atoms with Crippen molar-refractivity contribution in [2.75, 3.05) is 17.3 Å². The Bertz CT molecular complexity index is 525. The van der Waals surface area contributed by atoms with E-state index in [4.69, 9.17) is 0 Å². The quantitative estimate of drug-likeness (QED) is 0.814. The van der Waals surface area contributed by atoms with Crippen molar-refractivity contribution in [3.8, 4) is 0 Å². The van der Waals surface area contributed by atoms with Crippen LogP contribution in [0.4, 0.5) is 5.95 Å². The molecule has 0 N–H and O–H groups in total. The van der Waals surface area contributed by atoms with Crippen molar-refractivity contribution in [1.82, 2.24) is 9.97 Å². The van der Waals surface area contributed by atoms with E-state index < -0.39 is 0 Å². The number of alkyl halides is 1. The van der Waals surface area contributed by atoms with Crippen molar-refractivity contribution in [2.45, 2.75) is 19.4 Å². The number of halogens is 1. The van der Waals surface area contributed by atoms with E-state index in [0.717, 1.165) is 22.2 Å². The van der Waals surface area contributed by atoms with Crippen molar-refractivity contribution >= 4 is 32.8 Å². The molecule has 0 bridgehead atoms. The normalized spacial score (nSPS) is 11.8. The van der Waals surface area contributed by atoms with Crippen LogP contribution in [0.3, 0.4) is 0 Å². The van der Waals surface area contributed by atoms with E-state index in [9.17, 15) is 0 Å². The molecule has 0 aliphatic rings. The van der Waals surface area contributed by atoms with E-state index >= 15 is 0 Å². The Labute approximate surface area is 110 Å². The summed E-state index contributed by atoms with van der Waals surface area (Å²) in [6, 6.07) is 8.02. The zero-order valence-corrected chi connectivity index (χ0v) is 11.9. The second-order valence-corrected chi connectivity index (χ2v) is 5.29. The molecule has 1 aromatic carbocycles. The van der Waals surface area contributed by atoms with Crippen molar-refractivity contribution in [1.29, 1.82) is 0 Å². The lowest BCUT2D eigenvalue weighted by molar-refractivity contribution is 0.542. The minimum atomic E-state index is -0.0115. The molecule has 0 fully saturated rings. The standard InChI is InChI=1S/C13H16BrN3/c1-13(2,9-14)17(3)12-15-8-10-6-4-5-7-11(10)16-12/h4-8H,9H2,1-3H3. The Morgan fingerprint density at radius 2 is 2.00 bits per heavy atom. The molecule has 2 aromatic rings. The first-order valence-corrected chi connectivity index (χ1v) is 6.68. The number of benzene rings is 1. The Hall–Kier alpha value is -1.16. The summed E-state index contributed by atoms with van der Waals surface area (Å²) in [7, 11) is 2.02. The van der Waals surface area contributed by atoms with Gasteiger partial charge in [-0.15, -0.1) is 0 Å². The first kappa shape index (κ1) is 12.3. The Morgan fingerprint density at radius 3 is 2.71 bits per heavy atom. The van der Waals surface area contributed by atoms with Crippen molar-refractivity contribution < 1.29 is 0 Å². The highest BCUT2D eigenvalue weighted by Crippen LogP contribution is 2.22. The fourth-order valence-corrected chi connectivity index (χ4v) is 1.86. The van der Waals surface area contributed by atoms with Gasteiger partial charge in [-0.25, -0.2) is 9.97 Å². The zero-order chi connectivity index (χ0) is 12.5. The van der Waals surface area contributed by atoms with Gasteiger partial charge in [0.1, 0.15) is 0 Å². The number of fused-ring (bicyclic) bond motifs is 1. The van der Waals surface area contributed by atoms with Gasteiger partial charge in [0.25, 0.3) is 0 Å². The predicted molar refractivity (Wildman–Crippen MR) is 75.8 cm³/mol. The molecular formula is C13H16BrN3. The minimum Gasteiger partial charge on any atom is -0.338 e. The molecule has 0 saturated heterocycles. The highest BCUT2D eigenvalue weighted by Gasteiger charge is 2.24. The van der Waals surface area contributed by atoms with Crippen LogP contribution in [-0.4, -0.2) is 27.9 Å². The molecule has 0 radical (unpaired) electrons. The predicted octanol–water partition coefficient (Wildman–Crippen LogP) is 3.24. The van der Waals surface area contributed by atoms with Gasteiger partial charge in [-0.3, -0.25) is 0 Å². The van der Waals surface area contributed by atoms with Gasteiger partial charge in [0.2, 0.25) is 5.95 Å². The van der Waals surface area contributed by atoms with Gasteiger partial charge in [0, 0.05) is 29.5 Å². The van der Waals surface area contributed by atoms with Gasteiger partial charge in [0.15, 0.2) is 0 Å². The third kappa shape index (κ3) is 2.41. The molecule has 0 spiro atoms. The molecule has 1 heterocycles. The maximum Gasteiger partial charge on any atom is 0.226 e. The second-order valence-electron chi connectivity index (χ2n) is 4.73. The smallest absolute Gasteiger partial charge is 0.226 e. The maximum atomic E-state index is 4.58. The van der Waals surface area contributed by atoms with Gasteiger partial charge in [0.05, 0.1) is 5.52 Å². The summed E-state index contributed by atoms with van der Waals surface area (Å²) in [5.74, 6) is 0.758. The van der Waals surface area contributed by atoms with Gasteiger partial charge in [-0.05, 0) is 19.9 Å². The van der Waals surface area contributed by atoms with Crippen LogP contribution in [-0.2, 0) is 0 Å². The summed E-state index contributed by atoms with van der Waals surface area (Å²) in [5, 5.41) is 1.94. The van der Waals surface area contributed by atoms with Crippen LogP contribution in [0.5, 0.6) is 0 Å². The molecule has 2 rings (SSSR count). The Kier molecular flexibility index (Phi) is 3.33. The topological polar surface area (TPSA) is 29.0 Å². The Balaban J connectivity index is 2.43.